The fraction of sp³-hybridized carbons (Fsp3) is 0. The molecule has 0 fully saturated rings. The van der Waals surface area contributed by atoms with Crippen LogP contribution in [-0.2, 0) is 0 Å². The van der Waals surface area contributed by atoms with E-state index in [1.54, 1.807) is 22.7 Å². The van der Waals surface area contributed by atoms with E-state index in [2.05, 4.69) is 272 Å². The molecule has 0 atom stereocenters. The number of hydrogen-bond acceptors (Lipinski definition) is 4. The van der Waals surface area contributed by atoms with Gasteiger partial charge in [0, 0.05) is 75.0 Å². The summed E-state index contributed by atoms with van der Waals surface area (Å²) >= 11 is 3.60. The van der Waals surface area contributed by atoms with Crippen molar-refractivity contribution >= 4 is 153 Å². The lowest BCUT2D eigenvalue weighted by molar-refractivity contribution is 1.30. The first-order valence-corrected chi connectivity index (χ1v) is 27.6. The average molecular weight is 1000 g/mol. The minimum Gasteiger partial charge on any atom is -0.309 e. The van der Waals surface area contributed by atoms with Crippen molar-refractivity contribution in [1.29, 1.82) is 0 Å². The first-order valence-electron chi connectivity index (χ1n) is 25.9. The summed E-state index contributed by atoms with van der Waals surface area (Å²) in [5.41, 5.74) is 18.9. The Morgan fingerprint density at radius 2 is 0.684 bits per heavy atom. The van der Waals surface area contributed by atoms with Crippen molar-refractivity contribution in [3.63, 3.8) is 0 Å². The highest BCUT2D eigenvalue weighted by Crippen LogP contribution is 2.53. The second-order valence-corrected chi connectivity index (χ2v) is 21.9. The molecule has 0 unspecified atom stereocenters. The van der Waals surface area contributed by atoms with Crippen LogP contribution in [0.5, 0.6) is 0 Å². The highest BCUT2D eigenvalue weighted by molar-refractivity contribution is 7.17. The van der Waals surface area contributed by atoms with Crippen molar-refractivity contribution in [3.05, 3.63) is 253 Å². The van der Waals surface area contributed by atoms with Gasteiger partial charge in [-0.3, -0.25) is 0 Å². The molecule has 0 radical (unpaired) electrons. The molecule has 6 heterocycles. The number of benzene rings is 11. The highest BCUT2D eigenvalue weighted by atomic mass is 32.1. The summed E-state index contributed by atoms with van der Waals surface area (Å²) in [5, 5.41) is 16.9. The molecule has 354 valence electrons. The molecule has 6 heteroatoms. The molecular formula is C70H42N4S2. The Labute approximate surface area is 444 Å². The number of para-hydroxylation sites is 4. The maximum atomic E-state index is 2.56. The molecule has 17 rings (SSSR count). The SMILES string of the molecule is c1ccc(-c2cc3ccsc3cc2N(c2ccccc2)c2ccc3c4cc5c(cc4n4c6ccccc6c2c34)c2ccc(N(c3ccccc3)c3cc4sccc4cc3-c3ccccc3)c3c4ccccc4n5c23)cc1. The summed E-state index contributed by atoms with van der Waals surface area (Å²) in [6, 6.07) is 90.3. The van der Waals surface area contributed by atoms with Crippen LogP contribution in [0.1, 0.15) is 0 Å². The molecule has 0 amide bonds. The van der Waals surface area contributed by atoms with E-state index < -0.39 is 0 Å². The molecule has 0 N–H and O–H groups in total. The fourth-order valence-corrected chi connectivity index (χ4v) is 14.5. The van der Waals surface area contributed by atoms with Crippen molar-refractivity contribution in [1.82, 2.24) is 8.80 Å². The van der Waals surface area contributed by atoms with Crippen molar-refractivity contribution < 1.29 is 0 Å². The normalized spacial score (nSPS) is 12.2. The maximum Gasteiger partial charge on any atom is 0.0641 e. The Balaban J connectivity index is 0.947. The van der Waals surface area contributed by atoms with Gasteiger partial charge in [0.2, 0.25) is 0 Å². The number of fused-ring (bicyclic) bond motifs is 14. The zero-order valence-corrected chi connectivity index (χ0v) is 42.5. The Hall–Kier alpha value is -9.46. The third-order valence-corrected chi connectivity index (χ3v) is 17.8. The Kier molecular flexibility index (Phi) is 8.84. The van der Waals surface area contributed by atoms with Crippen molar-refractivity contribution in [2.45, 2.75) is 0 Å². The quantitative estimate of drug-likeness (QED) is 0.151. The van der Waals surface area contributed by atoms with E-state index in [4.69, 9.17) is 0 Å². The highest BCUT2D eigenvalue weighted by Gasteiger charge is 2.29. The lowest BCUT2D eigenvalue weighted by Crippen LogP contribution is -2.11. The molecule has 6 aromatic heterocycles. The fourth-order valence-electron chi connectivity index (χ4n) is 12.9. The molecule has 11 aromatic carbocycles. The second kappa shape index (κ2) is 16.0. The van der Waals surface area contributed by atoms with E-state index in [0.29, 0.717) is 0 Å². The molecule has 4 nitrogen and oxygen atoms in total. The maximum absolute atomic E-state index is 2.56. The van der Waals surface area contributed by atoms with Gasteiger partial charge in [-0.25, -0.2) is 0 Å². The van der Waals surface area contributed by atoms with Crippen LogP contribution in [-0.4, -0.2) is 8.80 Å². The van der Waals surface area contributed by atoms with Gasteiger partial charge in [-0.1, -0.05) is 146 Å². The number of thiophene rings is 2. The summed E-state index contributed by atoms with van der Waals surface area (Å²) in [6.07, 6.45) is 0. The van der Waals surface area contributed by atoms with Crippen LogP contribution < -0.4 is 9.80 Å². The predicted octanol–water partition coefficient (Wildman–Crippen LogP) is 20.7. The topological polar surface area (TPSA) is 15.3 Å². The van der Waals surface area contributed by atoms with Crippen LogP contribution in [0.3, 0.4) is 0 Å². The summed E-state index contributed by atoms with van der Waals surface area (Å²) in [4.78, 5) is 5.02. The lowest BCUT2D eigenvalue weighted by Gasteiger charge is -2.29. The van der Waals surface area contributed by atoms with Crippen LogP contribution in [0.2, 0.25) is 0 Å². The van der Waals surface area contributed by atoms with Gasteiger partial charge in [-0.15, -0.1) is 22.7 Å². The van der Waals surface area contributed by atoms with Gasteiger partial charge < -0.3 is 18.6 Å². The summed E-state index contributed by atoms with van der Waals surface area (Å²) in [7, 11) is 0. The summed E-state index contributed by atoms with van der Waals surface area (Å²) < 4.78 is 7.65. The van der Waals surface area contributed by atoms with E-state index in [0.717, 1.165) is 34.1 Å². The first kappa shape index (κ1) is 42.0. The van der Waals surface area contributed by atoms with Crippen LogP contribution in [0.15, 0.2) is 253 Å². The molecule has 17 aromatic rings. The molecule has 0 bridgehead atoms. The predicted molar refractivity (Wildman–Crippen MR) is 327 cm³/mol. The molecule has 0 saturated carbocycles. The van der Waals surface area contributed by atoms with E-state index in [9.17, 15) is 0 Å². The minimum absolute atomic E-state index is 1.12. The van der Waals surface area contributed by atoms with E-state index in [-0.39, 0.29) is 0 Å². The van der Waals surface area contributed by atoms with Crippen LogP contribution in [0.4, 0.5) is 34.1 Å². The number of hydrogen-bond donors (Lipinski definition) is 0. The second-order valence-electron chi connectivity index (χ2n) is 20.0. The largest absolute Gasteiger partial charge is 0.309 e. The number of aromatic nitrogens is 2. The molecule has 0 spiro atoms. The number of nitrogens with zero attached hydrogens (tertiary/aromatic N) is 4. The van der Waals surface area contributed by atoms with Crippen molar-refractivity contribution in [2.24, 2.45) is 0 Å². The first-order chi connectivity index (χ1) is 37.7. The molecule has 0 aliphatic rings. The standard InChI is InChI=1S/C70H42N4S2/c1-5-17-43(18-6-1)53-37-45-33-35-75-65(45)41-63(53)71(47-21-9-3-10-22-47)59-31-29-49-55-39-62-56(40-61(55)73-57-27-15-13-25-51(57)67(59)69(49)73)50-30-32-60(68-52-26-14-16-28-58(52)74(62)70(50)68)72(48-23-11-4-12-24-48)64-42-66-46(34-36-76-66)38-54(64)44-19-7-2-8-20-44/h1-42H. The van der Waals surface area contributed by atoms with Gasteiger partial charge in [0.15, 0.2) is 0 Å². The summed E-state index contributed by atoms with van der Waals surface area (Å²) in [6.45, 7) is 0. The number of anilines is 6. The average Bonchev–Trinajstić information content (AvgIpc) is 4.53. The van der Waals surface area contributed by atoms with Gasteiger partial charge in [0.05, 0.1) is 55.8 Å². The monoisotopic (exact) mass is 1000 g/mol. The van der Waals surface area contributed by atoms with Gasteiger partial charge in [-0.05, 0) is 130 Å². The Morgan fingerprint density at radius 1 is 0.289 bits per heavy atom. The minimum atomic E-state index is 1.12. The number of rotatable bonds is 8. The van der Waals surface area contributed by atoms with Gasteiger partial charge >= 0.3 is 0 Å². The van der Waals surface area contributed by atoms with E-state index in [1.807, 2.05) is 0 Å². The zero-order chi connectivity index (χ0) is 49.6. The zero-order valence-electron chi connectivity index (χ0n) is 40.9. The Morgan fingerprint density at radius 3 is 1.12 bits per heavy atom. The van der Waals surface area contributed by atoms with Crippen molar-refractivity contribution in [2.75, 3.05) is 9.80 Å². The van der Waals surface area contributed by atoms with Gasteiger partial charge in [0.25, 0.3) is 0 Å². The van der Waals surface area contributed by atoms with Gasteiger partial charge in [-0.2, -0.15) is 0 Å². The van der Waals surface area contributed by atoms with Gasteiger partial charge in [0.1, 0.15) is 0 Å². The molecule has 76 heavy (non-hydrogen) atoms. The third-order valence-electron chi connectivity index (χ3n) is 16.1. The lowest BCUT2D eigenvalue weighted by atomic mass is 9.98. The molecule has 0 saturated heterocycles. The van der Waals surface area contributed by atoms with Crippen LogP contribution in [0.25, 0.3) is 119 Å². The van der Waals surface area contributed by atoms with Crippen LogP contribution in [0, 0.1) is 0 Å². The van der Waals surface area contributed by atoms with Crippen LogP contribution >= 0.6 is 22.7 Å². The van der Waals surface area contributed by atoms with Crippen molar-refractivity contribution in [3.8, 4) is 22.3 Å². The molecule has 0 aliphatic heterocycles. The smallest absolute Gasteiger partial charge is 0.0641 e. The molecule has 0 aliphatic carbocycles. The van der Waals surface area contributed by atoms with E-state index in [1.165, 1.54) is 119 Å². The Bertz CT molecular complexity index is 4790. The summed E-state index contributed by atoms with van der Waals surface area (Å²) in [5.74, 6) is 0. The van der Waals surface area contributed by atoms with E-state index >= 15 is 0 Å². The molecular weight excluding hydrogens is 961 g/mol. The third kappa shape index (κ3) is 5.88.